The van der Waals surface area contributed by atoms with E-state index in [-0.39, 0.29) is 0 Å². The second kappa shape index (κ2) is 17.4. The number of hydrogen-bond donors (Lipinski definition) is 3. The number of ether oxygens (including phenoxy) is 5. The van der Waals surface area contributed by atoms with Crippen LogP contribution >= 0.6 is 0 Å². The summed E-state index contributed by atoms with van der Waals surface area (Å²) in [6.45, 7) is 10.9. The molecule has 1 aliphatic rings. The maximum absolute atomic E-state index is 12.6. The fraction of sp³-hybridized carbons (Fsp3) is 0.657. The van der Waals surface area contributed by atoms with Gasteiger partial charge in [0.05, 0.1) is 19.8 Å². The Labute approximate surface area is 258 Å². The molecule has 8 heteroatoms. The van der Waals surface area contributed by atoms with E-state index in [4.69, 9.17) is 23.7 Å². The molecule has 1 aliphatic heterocycles. The van der Waals surface area contributed by atoms with Crippen molar-refractivity contribution in [2.45, 2.75) is 109 Å². The Morgan fingerprint density at radius 3 is 1.91 bits per heavy atom. The molecule has 3 N–H and O–H groups in total. The zero-order valence-corrected chi connectivity index (χ0v) is 26.8. The summed E-state index contributed by atoms with van der Waals surface area (Å²) in [6, 6.07) is 13.7. The van der Waals surface area contributed by atoms with Gasteiger partial charge in [0.25, 0.3) is 0 Å². The first kappa shape index (κ1) is 35.4. The van der Waals surface area contributed by atoms with E-state index in [1.54, 1.807) is 0 Å². The summed E-state index contributed by atoms with van der Waals surface area (Å²) in [5.41, 5.74) is 2.02. The summed E-state index contributed by atoms with van der Waals surface area (Å²) in [5.74, 6) is -1.20. The van der Waals surface area contributed by atoms with Crippen molar-refractivity contribution in [3.05, 3.63) is 64.7 Å². The van der Waals surface area contributed by atoms with Gasteiger partial charge in [0, 0.05) is 25.4 Å². The molecular formula is C35H54O8. The van der Waals surface area contributed by atoms with Crippen molar-refractivity contribution in [2.24, 2.45) is 0 Å². The van der Waals surface area contributed by atoms with Crippen LogP contribution in [0.1, 0.15) is 88.5 Å². The second-order valence-electron chi connectivity index (χ2n) is 11.6. The summed E-state index contributed by atoms with van der Waals surface area (Å²) in [7, 11) is 0. The molecule has 4 atom stereocenters. The van der Waals surface area contributed by atoms with Crippen molar-refractivity contribution in [1.29, 1.82) is 0 Å². The number of unbranched alkanes of at least 4 members (excludes halogenated alkanes) is 3. The Morgan fingerprint density at radius 2 is 1.35 bits per heavy atom. The third kappa shape index (κ3) is 8.78. The van der Waals surface area contributed by atoms with E-state index >= 15 is 0 Å². The molecule has 1 fully saturated rings. The molecule has 1 heterocycles. The molecule has 0 saturated carbocycles. The van der Waals surface area contributed by atoms with Gasteiger partial charge in [-0.05, 0) is 74.4 Å². The predicted molar refractivity (Wildman–Crippen MR) is 167 cm³/mol. The molecule has 0 aromatic heterocycles. The summed E-state index contributed by atoms with van der Waals surface area (Å²) in [6.07, 6.45) is 3.17. The highest BCUT2D eigenvalue weighted by Crippen LogP contribution is 2.45. The van der Waals surface area contributed by atoms with E-state index in [0.717, 1.165) is 61.0 Å². The monoisotopic (exact) mass is 602 g/mol. The van der Waals surface area contributed by atoms with Crippen LogP contribution < -0.4 is 4.74 Å². The Kier molecular flexibility index (Phi) is 14.4. The third-order valence-corrected chi connectivity index (χ3v) is 8.19. The van der Waals surface area contributed by atoms with Gasteiger partial charge in [-0.1, -0.05) is 64.3 Å². The molecule has 2 aromatic rings. The summed E-state index contributed by atoms with van der Waals surface area (Å²) < 4.78 is 31.2. The SMILES string of the molecule is CCCCOC1[C@@H](OCCCC)[C@H](OCCCC)C(CO)(CO)OC1(O)c1ccc(C)c(Cc2ccc(OCC)cc2)c1. The Balaban J connectivity index is 2.08. The largest absolute Gasteiger partial charge is 0.494 e. The van der Waals surface area contributed by atoms with Crippen molar-refractivity contribution in [3.8, 4) is 5.75 Å². The number of hydrogen-bond acceptors (Lipinski definition) is 8. The van der Waals surface area contributed by atoms with Gasteiger partial charge in [-0.3, -0.25) is 0 Å². The minimum atomic E-state index is -2.03. The Hall–Kier alpha value is -2.04. The minimum Gasteiger partial charge on any atom is -0.494 e. The van der Waals surface area contributed by atoms with Gasteiger partial charge in [-0.2, -0.15) is 0 Å². The molecule has 3 rings (SSSR count). The molecule has 0 aliphatic carbocycles. The topological polar surface area (TPSA) is 107 Å². The van der Waals surface area contributed by atoms with E-state index in [0.29, 0.717) is 38.4 Å². The van der Waals surface area contributed by atoms with Crippen LogP contribution in [-0.4, -0.2) is 78.9 Å². The molecule has 8 nitrogen and oxygen atoms in total. The molecule has 242 valence electrons. The van der Waals surface area contributed by atoms with E-state index < -0.39 is 42.9 Å². The molecule has 0 amide bonds. The highest BCUT2D eigenvalue weighted by atomic mass is 16.7. The summed E-state index contributed by atoms with van der Waals surface area (Å²) in [5, 5.41) is 34.0. The highest BCUT2D eigenvalue weighted by molar-refractivity contribution is 5.39. The molecule has 43 heavy (non-hydrogen) atoms. The van der Waals surface area contributed by atoms with Crippen LogP contribution in [0, 0.1) is 6.92 Å². The van der Waals surface area contributed by atoms with E-state index in [1.807, 2.05) is 56.3 Å². The lowest BCUT2D eigenvalue weighted by Gasteiger charge is -2.55. The molecule has 2 aromatic carbocycles. The average Bonchev–Trinajstić information content (AvgIpc) is 3.01. The van der Waals surface area contributed by atoms with Crippen LogP contribution in [0.25, 0.3) is 0 Å². The number of aliphatic hydroxyl groups is 3. The lowest BCUT2D eigenvalue weighted by molar-refractivity contribution is -0.408. The first-order chi connectivity index (χ1) is 20.8. The van der Waals surface area contributed by atoms with Gasteiger partial charge in [0.2, 0.25) is 5.79 Å². The lowest BCUT2D eigenvalue weighted by Crippen LogP contribution is -2.72. The summed E-state index contributed by atoms with van der Waals surface area (Å²) >= 11 is 0. The van der Waals surface area contributed by atoms with E-state index in [1.165, 1.54) is 0 Å². The van der Waals surface area contributed by atoms with Gasteiger partial charge >= 0.3 is 0 Å². The molecule has 0 bridgehead atoms. The van der Waals surface area contributed by atoms with Crippen molar-refractivity contribution in [2.75, 3.05) is 39.6 Å². The zero-order valence-electron chi connectivity index (χ0n) is 26.8. The van der Waals surface area contributed by atoms with Crippen LogP contribution in [-0.2, 0) is 31.2 Å². The van der Waals surface area contributed by atoms with Crippen LogP contribution in [0.2, 0.25) is 0 Å². The predicted octanol–water partition coefficient (Wildman–Crippen LogP) is 5.44. The smallest absolute Gasteiger partial charge is 0.223 e. The Bertz CT molecular complexity index is 1070. The normalized spacial score (nSPS) is 23.4. The van der Waals surface area contributed by atoms with Crippen molar-refractivity contribution >= 4 is 0 Å². The molecule has 0 radical (unpaired) electrons. The maximum Gasteiger partial charge on any atom is 0.223 e. The lowest BCUT2D eigenvalue weighted by atomic mass is 9.80. The van der Waals surface area contributed by atoms with Crippen molar-refractivity contribution in [3.63, 3.8) is 0 Å². The molecule has 1 saturated heterocycles. The van der Waals surface area contributed by atoms with Crippen LogP contribution in [0.5, 0.6) is 5.75 Å². The highest BCUT2D eigenvalue weighted by Gasteiger charge is 2.63. The maximum atomic E-state index is 12.6. The van der Waals surface area contributed by atoms with Gasteiger partial charge in [0.15, 0.2) is 0 Å². The van der Waals surface area contributed by atoms with Gasteiger partial charge < -0.3 is 39.0 Å². The van der Waals surface area contributed by atoms with E-state index in [9.17, 15) is 15.3 Å². The molecule has 2 unspecified atom stereocenters. The van der Waals surface area contributed by atoms with Crippen LogP contribution in [0.4, 0.5) is 0 Å². The fourth-order valence-electron chi connectivity index (χ4n) is 5.50. The number of aryl methyl sites for hydroxylation is 1. The minimum absolute atomic E-state index is 0.387. The Morgan fingerprint density at radius 1 is 0.767 bits per heavy atom. The van der Waals surface area contributed by atoms with Gasteiger partial charge in [-0.25, -0.2) is 0 Å². The van der Waals surface area contributed by atoms with Gasteiger partial charge in [0.1, 0.15) is 29.7 Å². The standard InChI is InChI=1S/C35H54O8/c1-6-10-19-40-31-32(41-20-11-7-2)34(24-36,25-37)43-35(38,33(31)42-21-12-8-3)29-16-13-26(5)28(23-29)22-27-14-17-30(18-15-27)39-9-4/h13-18,23,31-33,36-38H,6-12,19-22,24-25H2,1-5H3/t31-,32-,33?,35?/m0/s1. The number of rotatable bonds is 19. The molecule has 0 spiro atoms. The van der Waals surface area contributed by atoms with Crippen molar-refractivity contribution in [1.82, 2.24) is 0 Å². The molecular weight excluding hydrogens is 548 g/mol. The second-order valence-corrected chi connectivity index (χ2v) is 11.6. The van der Waals surface area contributed by atoms with Crippen LogP contribution in [0.3, 0.4) is 0 Å². The van der Waals surface area contributed by atoms with E-state index in [2.05, 4.69) is 20.8 Å². The van der Waals surface area contributed by atoms with Crippen molar-refractivity contribution < 1.29 is 39.0 Å². The van der Waals surface area contributed by atoms with Crippen LogP contribution in [0.15, 0.2) is 42.5 Å². The quantitative estimate of drug-likeness (QED) is 0.183. The average molecular weight is 603 g/mol. The zero-order chi connectivity index (χ0) is 31.3. The third-order valence-electron chi connectivity index (χ3n) is 8.19. The first-order valence-electron chi connectivity index (χ1n) is 16.1. The summed E-state index contributed by atoms with van der Waals surface area (Å²) in [4.78, 5) is 0. The number of aliphatic hydroxyl groups excluding tert-OH is 2. The number of benzene rings is 2. The van der Waals surface area contributed by atoms with Gasteiger partial charge in [-0.15, -0.1) is 0 Å². The fourth-order valence-corrected chi connectivity index (χ4v) is 5.50. The first-order valence-corrected chi connectivity index (χ1v) is 16.1.